The Kier molecular flexibility index (Phi) is 55.6. The van der Waals surface area contributed by atoms with Crippen molar-refractivity contribution < 1.29 is 78.7 Å². The fourth-order valence-electron chi connectivity index (χ4n) is 11.1. The first-order valence-corrected chi connectivity index (χ1v) is 35.0. The number of carbonyl (C=O) groups is 6. The van der Waals surface area contributed by atoms with E-state index in [0.717, 1.165) is 83.5 Å². The summed E-state index contributed by atoms with van der Waals surface area (Å²) >= 11 is 0. The Bertz CT molecular complexity index is 1550. The van der Waals surface area contributed by atoms with Crippen LogP contribution in [0.15, 0.2) is 0 Å². The fraction of sp³-hybridized carbons (Fsp3) is 0.913. The summed E-state index contributed by atoms with van der Waals surface area (Å²) in [5.41, 5.74) is -3.17. The highest BCUT2D eigenvalue weighted by atomic mass is 16.6. The second kappa shape index (κ2) is 57.6. The third kappa shape index (κ3) is 45.1. The van der Waals surface area contributed by atoms with Crippen LogP contribution in [0.4, 0.5) is 0 Å². The van der Waals surface area contributed by atoms with Gasteiger partial charge in [0.2, 0.25) is 17.3 Å². The van der Waals surface area contributed by atoms with Gasteiger partial charge in [-0.3, -0.25) is 24.0 Å². The number of Topliss-reactive ketones (excluding diaryl/α,β-unsaturated/α-hetero) is 3. The molecular formula is C69H128O16. The summed E-state index contributed by atoms with van der Waals surface area (Å²) in [5.74, 6) is -7.51. The van der Waals surface area contributed by atoms with Crippen LogP contribution in [0.3, 0.4) is 0 Å². The molecule has 0 aromatic rings. The van der Waals surface area contributed by atoms with E-state index in [4.69, 9.17) is 14.2 Å². The lowest BCUT2D eigenvalue weighted by Crippen LogP contribution is -2.49. The molecule has 85 heavy (non-hydrogen) atoms. The van der Waals surface area contributed by atoms with Crippen LogP contribution < -0.4 is 0 Å². The molecule has 0 radical (unpaired) electrons. The van der Waals surface area contributed by atoms with Gasteiger partial charge in [0.05, 0.1) is 32.7 Å². The Hall–Kier alpha value is -2.86. The van der Waals surface area contributed by atoms with Gasteiger partial charge in [-0.15, -0.1) is 0 Å². The summed E-state index contributed by atoms with van der Waals surface area (Å²) in [6.07, 6.45) is 35.2. The maximum Gasteiger partial charge on any atom is 0.340 e. The third-order valence-corrected chi connectivity index (χ3v) is 16.7. The topological polar surface area (TPSA) is 272 Å². The molecule has 0 saturated carbocycles. The molecule has 7 N–H and O–H groups in total. The van der Waals surface area contributed by atoms with E-state index in [1.165, 1.54) is 167 Å². The molecule has 0 saturated heterocycles. The van der Waals surface area contributed by atoms with Crippen LogP contribution in [0.2, 0.25) is 0 Å². The van der Waals surface area contributed by atoms with E-state index >= 15 is 0 Å². The van der Waals surface area contributed by atoms with Crippen LogP contribution in [-0.4, -0.2) is 133 Å². The summed E-state index contributed by atoms with van der Waals surface area (Å²) in [5, 5.41) is 72.3. The molecule has 0 bridgehead atoms. The van der Waals surface area contributed by atoms with E-state index in [1.54, 1.807) is 0 Å². The lowest BCUT2D eigenvalue weighted by Gasteiger charge is -2.29. The molecular weight excluding hydrogens is 1080 g/mol. The minimum Gasteiger partial charge on any atom is -0.454 e. The van der Waals surface area contributed by atoms with Gasteiger partial charge in [-0.05, 0) is 38.5 Å². The highest BCUT2D eigenvalue weighted by Gasteiger charge is 2.47. The minimum absolute atomic E-state index is 0.0596. The quantitative estimate of drug-likeness (QED) is 0.0169. The van der Waals surface area contributed by atoms with Crippen molar-refractivity contribution >= 4 is 35.3 Å². The van der Waals surface area contributed by atoms with Crippen LogP contribution in [0, 0.1) is 0 Å². The molecule has 0 fully saturated rings. The van der Waals surface area contributed by atoms with Crippen molar-refractivity contribution in [2.45, 2.75) is 384 Å². The highest BCUT2D eigenvalue weighted by molar-refractivity contribution is 5.95. The van der Waals surface area contributed by atoms with Crippen molar-refractivity contribution in [3.8, 4) is 0 Å². The van der Waals surface area contributed by atoms with E-state index < -0.39 is 110 Å². The van der Waals surface area contributed by atoms with Crippen molar-refractivity contribution in [2.24, 2.45) is 0 Å². The molecule has 0 heterocycles. The Morgan fingerprint density at radius 3 is 0.659 bits per heavy atom. The SMILES string of the molecule is CCCCCCCCCCCCCCCCCC(OC(=O)CC(O)(CC(=O)OC(CCCCCCCCCCCCCCCCC)C(=O)C(O)CO)C(=O)OC(CCCCCCCCCCCCCCCCC)C(=O)C(O)CO)C(=O)C(O)CO. The number of hydrogen-bond donors (Lipinski definition) is 7. The number of unbranched alkanes of at least 4 members (excludes halogenated alkanes) is 42. The zero-order valence-corrected chi connectivity index (χ0v) is 54.2. The van der Waals surface area contributed by atoms with Gasteiger partial charge in [-0.2, -0.15) is 0 Å². The Morgan fingerprint density at radius 1 is 0.294 bits per heavy atom. The predicted octanol–water partition coefficient (Wildman–Crippen LogP) is 13.8. The van der Waals surface area contributed by atoms with Gasteiger partial charge in [0.15, 0.2) is 23.9 Å². The van der Waals surface area contributed by atoms with Crippen LogP contribution in [0.25, 0.3) is 0 Å². The summed E-state index contributed by atoms with van der Waals surface area (Å²) in [6, 6.07) is 0. The van der Waals surface area contributed by atoms with Crippen molar-refractivity contribution in [3.63, 3.8) is 0 Å². The average Bonchev–Trinajstić information content (AvgIpc) is 3.10. The average molecular weight is 1210 g/mol. The highest BCUT2D eigenvalue weighted by Crippen LogP contribution is 2.26. The Balaban J connectivity index is 6.08. The molecule has 0 aliphatic rings. The van der Waals surface area contributed by atoms with Crippen LogP contribution in [0.5, 0.6) is 0 Å². The third-order valence-electron chi connectivity index (χ3n) is 16.7. The number of aliphatic hydroxyl groups is 7. The molecule has 16 nitrogen and oxygen atoms in total. The first-order chi connectivity index (χ1) is 41.2. The van der Waals surface area contributed by atoms with Gasteiger partial charge >= 0.3 is 17.9 Å². The first-order valence-electron chi connectivity index (χ1n) is 35.0. The van der Waals surface area contributed by atoms with Crippen LogP contribution in [0.1, 0.15) is 342 Å². The van der Waals surface area contributed by atoms with Crippen molar-refractivity contribution in [3.05, 3.63) is 0 Å². The molecule has 0 aromatic carbocycles. The predicted molar refractivity (Wildman–Crippen MR) is 337 cm³/mol. The van der Waals surface area contributed by atoms with Crippen molar-refractivity contribution in [2.75, 3.05) is 19.8 Å². The maximum atomic E-state index is 14.3. The number of ketones is 3. The second-order valence-electron chi connectivity index (χ2n) is 24.8. The van der Waals surface area contributed by atoms with Gasteiger partial charge < -0.3 is 50.0 Å². The van der Waals surface area contributed by atoms with E-state index in [0.29, 0.717) is 38.5 Å². The smallest absolute Gasteiger partial charge is 0.340 e. The maximum absolute atomic E-state index is 14.3. The van der Waals surface area contributed by atoms with Gasteiger partial charge in [0.1, 0.15) is 18.3 Å². The van der Waals surface area contributed by atoms with Gasteiger partial charge in [0.25, 0.3) is 0 Å². The fourth-order valence-corrected chi connectivity index (χ4v) is 11.1. The van der Waals surface area contributed by atoms with E-state index in [1.807, 2.05) is 0 Å². The lowest BCUT2D eigenvalue weighted by atomic mass is 9.94. The van der Waals surface area contributed by atoms with Gasteiger partial charge in [-0.1, -0.05) is 290 Å². The number of rotatable bonds is 65. The van der Waals surface area contributed by atoms with Crippen molar-refractivity contribution in [1.82, 2.24) is 0 Å². The number of carbonyl (C=O) groups excluding carboxylic acids is 6. The van der Waals surface area contributed by atoms with Gasteiger partial charge in [-0.25, -0.2) is 4.79 Å². The molecule has 0 rings (SSSR count). The van der Waals surface area contributed by atoms with Gasteiger partial charge in [0, 0.05) is 0 Å². The zero-order chi connectivity index (χ0) is 63.0. The van der Waals surface area contributed by atoms with Crippen molar-refractivity contribution in [1.29, 1.82) is 0 Å². The number of aliphatic hydroxyl groups excluding tert-OH is 6. The largest absolute Gasteiger partial charge is 0.454 e. The Morgan fingerprint density at radius 2 is 0.471 bits per heavy atom. The summed E-state index contributed by atoms with van der Waals surface area (Å²) in [7, 11) is 0. The lowest BCUT2D eigenvalue weighted by molar-refractivity contribution is -0.187. The molecule has 0 amide bonds. The number of esters is 3. The van der Waals surface area contributed by atoms with Crippen LogP contribution >= 0.6 is 0 Å². The molecule has 0 spiro atoms. The molecule has 0 aliphatic carbocycles. The summed E-state index contributed by atoms with van der Waals surface area (Å²) in [6.45, 7) is 3.72. The molecule has 16 heteroatoms. The summed E-state index contributed by atoms with van der Waals surface area (Å²) in [4.78, 5) is 82.0. The molecule has 6 atom stereocenters. The Labute approximate surface area is 515 Å². The molecule has 0 aromatic heterocycles. The zero-order valence-electron chi connectivity index (χ0n) is 54.2. The standard InChI is InChI=1S/C69H128O16/c1-4-7-10-13-16-19-22-25-28-31-34-37-40-43-46-49-60(65(78)57(73)54-70)83-63(76)52-69(82,68(81)85-62(67(80)59(75)56-72)51-48-45-42-39-36-33-30-27-24-21-18-15-12-9-6-3)53-64(77)84-61(66(79)58(74)55-71)50-47-44-41-38-35-32-29-26-23-20-17-14-11-8-5-2/h57-62,70-75,82H,4-56H2,1-3H3. The normalized spacial score (nSPS) is 14.5. The molecule has 6 unspecified atom stereocenters. The van der Waals surface area contributed by atoms with E-state index in [9.17, 15) is 64.5 Å². The van der Waals surface area contributed by atoms with E-state index in [-0.39, 0.29) is 19.3 Å². The number of hydrogen-bond acceptors (Lipinski definition) is 16. The second-order valence-corrected chi connectivity index (χ2v) is 24.8. The number of ether oxygens (including phenoxy) is 3. The first kappa shape index (κ1) is 82.1. The minimum atomic E-state index is -3.17. The monoisotopic (exact) mass is 1210 g/mol. The molecule has 500 valence electrons. The van der Waals surface area contributed by atoms with Crippen LogP contribution in [-0.2, 0) is 43.0 Å². The summed E-state index contributed by atoms with van der Waals surface area (Å²) < 4.78 is 16.6. The molecule has 0 aliphatic heterocycles. The van der Waals surface area contributed by atoms with E-state index in [2.05, 4.69) is 20.8 Å².